The molecule has 0 aliphatic heterocycles. The molecule has 3 nitrogen and oxygen atoms in total. The molecule has 0 aromatic heterocycles. The predicted octanol–water partition coefficient (Wildman–Crippen LogP) is 2.67. The first kappa shape index (κ1) is 16.2. The lowest BCUT2D eigenvalue weighted by atomic mass is 10.1. The van der Waals surface area contributed by atoms with Gasteiger partial charge in [-0.15, -0.1) is 24.0 Å². The molecule has 1 aromatic rings. The molecule has 96 valence electrons. The molecule has 1 rings (SSSR count). The Labute approximate surface area is 121 Å². The fraction of sp³-hybridized carbons (Fsp3) is 0.462. The van der Waals surface area contributed by atoms with E-state index in [1.165, 1.54) is 11.1 Å². The van der Waals surface area contributed by atoms with Crippen molar-refractivity contribution in [3.63, 3.8) is 0 Å². The fourth-order valence-corrected chi connectivity index (χ4v) is 1.35. The molecule has 0 saturated carbocycles. The Morgan fingerprint density at radius 2 is 2.12 bits per heavy atom. The Hall–Kier alpha value is -0.780. The Balaban J connectivity index is 0.00000256. The van der Waals surface area contributed by atoms with Gasteiger partial charge in [-0.2, -0.15) is 0 Å². The molecular formula is C13H22IN3. The van der Waals surface area contributed by atoms with E-state index in [0.29, 0.717) is 18.4 Å². The second-order valence-electron chi connectivity index (χ2n) is 4.47. The molecule has 0 aliphatic rings. The molecule has 0 aliphatic carbocycles. The second kappa shape index (κ2) is 8.33. The van der Waals surface area contributed by atoms with E-state index >= 15 is 0 Å². The van der Waals surface area contributed by atoms with E-state index in [9.17, 15) is 0 Å². The van der Waals surface area contributed by atoms with Crippen LogP contribution in [-0.4, -0.2) is 12.5 Å². The highest BCUT2D eigenvalue weighted by molar-refractivity contribution is 14.0. The van der Waals surface area contributed by atoms with Crippen LogP contribution >= 0.6 is 24.0 Å². The van der Waals surface area contributed by atoms with Crippen molar-refractivity contribution in [2.75, 3.05) is 6.54 Å². The summed E-state index contributed by atoms with van der Waals surface area (Å²) in [5, 5.41) is 3.09. The number of nitrogens with one attached hydrogen (secondary N) is 1. The largest absolute Gasteiger partial charge is 0.370 e. The van der Waals surface area contributed by atoms with Crippen molar-refractivity contribution in [3.8, 4) is 0 Å². The lowest BCUT2D eigenvalue weighted by molar-refractivity contribution is 0.622. The first-order valence-corrected chi connectivity index (χ1v) is 5.67. The average Bonchev–Trinajstić information content (AvgIpc) is 2.23. The van der Waals surface area contributed by atoms with Gasteiger partial charge in [0, 0.05) is 6.54 Å². The molecule has 0 fully saturated rings. The molecule has 0 unspecified atom stereocenters. The molecular weight excluding hydrogens is 325 g/mol. The van der Waals surface area contributed by atoms with Gasteiger partial charge in [0.05, 0.1) is 6.54 Å². The molecule has 1 aromatic carbocycles. The highest BCUT2D eigenvalue weighted by Gasteiger charge is 1.95. The fourth-order valence-electron chi connectivity index (χ4n) is 1.35. The van der Waals surface area contributed by atoms with Crippen molar-refractivity contribution in [2.45, 2.75) is 27.3 Å². The summed E-state index contributed by atoms with van der Waals surface area (Å²) < 4.78 is 0. The zero-order chi connectivity index (χ0) is 12.0. The SMILES string of the molecule is Cc1cccc(CN=C(N)NCC(C)C)c1.I. The molecule has 0 amide bonds. The molecule has 17 heavy (non-hydrogen) atoms. The maximum Gasteiger partial charge on any atom is 0.188 e. The third-order valence-corrected chi connectivity index (χ3v) is 2.21. The van der Waals surface area contributed by atoms with Crippen molar-refractivity contribution in [1.82, 2.24) is 5.32 Å². The van der Waals surface area contributed by atoms with Crippen molar-refractivity contribution in [2.24, 2.45) is 16.6 Å². The topological polar surface area (TPSA) is 50.4 Å². The summed E-state index contributed by atoms with van der Waals surface area (Å²) in [4.78, 5) is 4.29. The molecule has 0 bridgehead atoms. The number of rotatable bonds is 4. The number of halogens is 1. The standard InChI is InChI=1S/C13H21N3.HI/c1-10(2)8-15-13(14)16-9-12-6-4-5-11(3)7-12;/h4-7,10H,8-9H2,1-3H3,(H3,14,15,16);1H. The van der Waals surface area contributed by atoms with E-state index in [-0.39, 0.29) is 24.0 Å². The molecule has 0 spiro atoms. The Kier molecular flexibility index (Phi) is 7.95. The molecule has 0 atom stereocenters. The quantitative estimate of drug-likeness (QED) is 0.500. The number of aliphatic imine (C=N–C) groups is 1. The van der Waals surface area contributed by atoms with Crippen LogP contribution in [0.25, 0.3) is 0 Å². The van der Waals surface area contributed by atoms with Gasteiger partial charge in [0.15, 0.2) is 5.96 Å². The van der Waals surface area contributed by atoms with Gasteiger partial charge in [-0.05, 0) is 18.4 Å². The third kappa shape index (κ3) is 7.20. The van der Waals surface area contributed by atoms with Gasteiger partial charge in [-0.25, -0.2) is 4.99 Å². The van der Waals surface area contributed by atoms with Gasteiger partial charge in [0.1, 0.15) is 0 Å². The molecule has 0 radical (unpaired) electrons. The smallest absolute Gasteiger partial charge is 0.188 e. The van der Waals surface area contributed by atoms with Crippen LogP contribution in [0.3, 0.4) is 0 Å². The van der Waals surface area contributed by atoms with Gasteiger partial charge < -0.3 is 11.1 Å². The maximum atomic E-state index is 5.75. The second-order valence-corrected chi connectivity index (χ2v) is 4.47. The number of aryl methyl sites for hydroxylation is 1. The van der Waals surface area contributed by atoms with Gasteiger partial charge in [0.25, 0.3) is 0 Å². The minimum Gasteiger partial charge on any atom is -0.370 e. The van der Waals surface area contributed by atoms with E-state index in [0.717, 1.165) is 6.54 Å². The van der Waals surface area contributed by atoms with Crippen LogP contribution in [0.5, 0.6) is 0 Å². The van der Waals surface area contributed by atoms with Crippen molar-refractivity contribution in [1.29, 1.82) is 0 Å². The highest BCUT2D eigenvalue weighted by Crippen LogP contribution is 2.04. The number of hydrogen-bond donors (Lipinski definition) is 2. The number of guanidine groups is 1. The van der Waals surface area contributed by atoms with E-state index in [4.69, 9.17) is 5.73 Å². The molecule has 0 heterocycles. The first-order chi connectivity index (χ1) is 7.58. The summed E-state index contributed by atoms with van der Waals surface area (Å²) in [6.45, 7) is 7.86. The maximum absolute atomic E-state index is 5.75. The van der Waals surface area contributed by atoms with E-state index in [1.807, 2.05) is 6.07 Å². The van der Waals surface area contributed by atoms with Gasteiger partial charge in [-0.3, -0.25) is 0 Å². The first-order valence-electron chi connectivity index (χ1n) is 5.67. The van der Waals surface area contributed by atoms with Crippen LogP contribution in [0.2, 0.25) is 0 Å². The van der Waals surface area contributed by atoms with Crippen molar-refractivity contribution >= 4 is 29.9 Å². The number of nitrogens with two attached hydrogens (primary N) is 1. The molecule has 0 saturated heterocycles. The van der Waals surface area contributed by atoms with Crippen LogP contribution in [0, 0.1) is 12.8 Å². The van der Waals surface area contributed by atoms with Crippen molar-refractivity contribution < 1.29 is 0 Å². The number of benzene rings is 1. The summed E-state index contributed by atoms with van der Waals surface area (Å²) in [5.74, 6) is 1.10. The minimum atomic E-state index is 0. The van der Waals surface area contributed by atoms with E-state index in [2.05, 4.69) is 49.3 Å². The minimum absolute atomic E-state index is 0. The summed E-state index contributed by atoms with van der Waals surface area (Å²) in [7, 11) is 0. The van der Waals surface area contributed by atoms with E-state index < -0.39 is 0 Å². The summed E-state index contributed by atoms with van der Waals surface area (Å²) in [6, 6.07) is 8.30. The van der Waals surface area contributed by atoms with Crippen LogP contribution in [0.4, 0.5) is 0 Å². The van der Waals surface area contributed by atoms with Crippen LogP contribution in [-0.2, 0) is 6.54 Å². The van der Waals surface area contributed by atoms with Gasteiger partial charge in [0.2, 0.25) is 0 Å². The van der Waals surface area contributed by atoms with Gasteiger partial charge in [-0.1, -0.05) is 43.7 Å². The Morgan fingerprint density at radius 3 is 2.71 bits per heavy atom. The molecule has 3 N–H and O–H groups in total. The predicted molar refractivity (Wildman–Crippen MR) is 84.8 cm³/mol. The zero-order valence-electron chi connectivity index (χ0n) is 10.7. The van der Waals surface area contributed by atoms with E-state index in [1.54, 1.807) is 0 Å². The van der Waals surface area contributed by atoms with Crippen LogP contribution in [0.1, 0.15) is 25.0 Å². The lowest BCUT2D eigenvalue weighted by Gasteiger charge is -2.07. The zero-order valence-corrected chi connectivity index (χ0v) is 13.1. The Morgan fingerprint density at radius 1 is 1.41 bits per heavy atom. The van der Waals surface area contributed by atoms with Crippen LogP contribution < -0.4 is 11.1 Å². The lowest BCUT2D eigenvalue weighted by Crippen LogP contribution is -2.34. The monoisotopic (exact) mass is 347 g/mol. The third-order valence-electron chi connectivity index (χ3n) is 2.21. The summed E-state index contributed by atoms with van der Waals surface area (Å²) in [5.41, 5.74) is 8.19. The van der Waals surface area contributed by atoms with Gasteiger partial charge >= 0.3 is 0 Å². The van der Waals surface area contributed by atoms with Crippen LogP contribution in [0.15, 0.2) is 29.3 Å². The Bertz CT molecular complexity index is 361. The highest BCUT2D eigenvalue weighted by atomic mass is 127. The normalized spacial score (nSPS) is 11.2. The van der Waals surface area contributed by atoms with Crippen molar-refractivity contribution in [3.05, 3.63) is 35.4 Å². The number of hydrogen-bond acceptors (Lipinski definition) is 1. The summed E-state index contributed by atoms with van der Waals surface area (Å²) >= 11 is 0. The summed E-state index contributed by atoms with van der Waals surface area (Å²) in [6.07, 6.45) is 0. The molecule has 4 heteroatoms. The average molecular weight is 347 g/mol. The number of nitrogens with zero attached hydrogens (tertiary/aromatic N) is 1.